The molecular weight excluding hydrogens is 303 g/mol. The molecule has 21 heavy (non-hydrogen) atoms. The first-order valence-corrected chi connectivity index (χ1v) is 8.11. The van der Waals surface area contributed by atoms with Gasteiger partial charge in [-0.1, -0.05) is 29.8 Å². The Morgan fingerprint density at radius 1 is 1.24 bits per heavy atom. The van der Waals surface area contributed by atoms with E-state index in [4.69, 9.17) is 20.9 Å². The van der Waals surface area contributed by atoms with E-state index in [0.29, 0.717) is 5.75 Å². The third-order valence-corrected chi connectivity index (χ3v) is 5.16. The molecule has 2 nitrogen and oxygen atoms in total. The summed E-state index contributed by atoms with van der Waals surface area (Å²) in [4.78, 5) is 0. The molecule has 0 unspecified atom stereocenters. The summed E-state index contributed by atoms with van der Waals surface area (Å²) in [7, 11) is -0.370. The van der Waals surface area contributed by atoms with E-state index in [9.17, 15) is 0 Å². The lowest BCUT2D eigenvalue weighted by molar-refractivity contribution is 0.00578. The summed E-state index contributed by atoms with van der Waals surface area (Å²) in [6, 6.07) is 5.88. The lowest BCUT2D eigenvalue weighted by Crippen LogP contribution is -2.41. The van der Waals surface area contributed by atoms with E-state index in [1.54, 1.807) is 0 Å². The Hall–Kier alpha value is -0.415. The van der Waals surface area contributed by atoms with E-state index in [0.717, 1.165) is 21.6 Å². The fourth-order valence-electron chi connectivity index (χ4n) is 2.16. The maximum absolute atomic E-state index is 6.18. The number of halogens is 1. The normalized spacial score (nSPS) is 20.9. The smallest absolute Gasteiger partial charge is 0.400 e. The maximum atomic E-state index is 6.18. The van der Waals surface area contributed by atoms with E-state index < -0.39 is 0 Å². The summed E-state index contributed by atoms with van der Waals surface area (Å²) in [6.45, 7) is 10.2. The molecular formula is C16H22BClO2S. The van der Waals surface area contributed by atoms with Crippen LogP contribution in [0.5, 0.6) is 0 Å². The second-order valence-electron chi connectivity index (χ2n) is 6.42. The summed E-state index contributed by atoms with van der Waals surface area (Å²) in [5.74, 6) is 0.572. The number of hydrogen-bond donors (Lipinski definition) is 1. The van der Waals surface area contributed by atoms with Gasteiger partial charge in [-0.3, -0.25) is 0 Å². The van der Waals surface area contributed by atoms with Crippen LogP contribution in [0.25, 0.3) is 6.08 Å². The molecule has 0 N–H and O–H groups in total. The highest BCUT2D eigenvalue weighted by Crippen LogP contribution is 2.39. The van der Waals surface area contributed by atoms with Crippen LogP contribution in [0.1, 0.15) is 38.8 Å². The molecule has 0 aliphatic carbocycles. The van der Waals surface area contributed by atoms with Gasteiger partial charge in [-0.05, 0) is 57.3 Å². The second kappa shape index (κ2) is 6.00. The molecule has 114 valence electrons. The van der Waals surface area contributed by atoms with Gasteiger partial charge in [0.25, 0.3) is 0 Å². The molecule has 5 heteroatoms. The van der Waals surface area contributed by atoms with Gasteiger partial charge in [-0.2, -0.15) is 12.6 Å². The number of benzene rings is 1. The summed E-state index contributed by atoms with van der Waals surface area (Å²) < 4.78 is 12.2. The van der Waals surface area contributed by atoms with Crippen molar-refractivity contribution in [3.63, 3.8) is 0 Å². The summed E-state index contributed by atoms with van der Waals surface area (Å²) in [6.07, 6.45) is 2.07. The Balaban J connectivity index is 2.33. The van der Waals surface area contributed by atoms with Crippen molar-refractivity contribution in [3.8, 4) is 0 Å². The third kappa shape index (κ3) is 3.34. The molecule has 1 saturated heterocycles. The van der Waals surface area contributed by atoms with Gasteiger partial charge in [0.05, 0.1) is 11.2 Å². The molecule has 1 aliphatic heterocycles. The number of rotatable bonds is 3. The van der Waals surface area contributed by atoms with Gasteiger partial charge in [0.15, 0.2) is 0 Å². The Bertz CT molecular complexity index is 553. The molecule has 1 aromatic carbocycles. The standard InChI is InChI=1S/C16H22BClO2S/c1-11-12(7-6-8-14(11)18)9-13(10-21)17-19-15(2,3)16(4,5)20-17/h6-9,21H,10H2,1-5H3. The van der Waals surface area contributed by atoms with Crippen LogP contribution in [0.3, 0.4) is 0 Å². The van der Waals surface area contributed by atoms with Crippen LogP contribution < -0.4 is 0 Å². The Morgan fingerprint density at radius 2 is 1.81 bits per heavy atom. The molecule has 1 fully saturated rings. The van der Waals surface area contributed by atoms with Crippen LogP contribution >= 0.6 is 24.2 Å². The lowest BCUT2D eigenvalue weighted by Gasteiger charge is -2.32. The largest absolute Gasteiger partial charge is 0.491 e. The molecule has 0 aromatic heterocycles. The Kier molecular flexibility index (Phi) is 4.84. The minimum atomic E-state index is -0.370. The van der Waals surface area contributed by atoms with Crippen LogP contribution in [0, 0.1) is 6.92 Å². The van der Waals surface area contributed by atoms with Gasteiger partial charge in [0.2, 0.25) is 0 Å². The molecule has 0 radical (unpaired) electrons. The fourth-order valence-corrected chi connectivity index (χ4v) is 2.59. The first-order chi connectivity index (χ1) is 9.68. The van der Waals surface area contributed by atoms with E-state index in [2.05, 4.69) is 18.7 Å². The van der Waals surface area contributed by atoms with Crippen molar-refractivity contribution in [1.29, 1.82) is 0 Å². The van der Waals surface area contributed by atoms with Crippen molar-refractivity contribution in [2.24, 2.45) is 0 Å². The average molecular weight is 325 g/mol. The molecule has 1 aliphatic rings. The quantitative estimate of drug-likeness (QED) is 0.647. The van der Waals surface area contributed by atoms with E-state index >= 15 is 0 Å². The van der Waals surface area contributed by atoms with E-state index in [1.165, 1.54) is 0 Å². The summed E-state index contributed by atoms with van der Waals surface area (Å²) >= 11 is 10.6. The Labute approximate surface area is 138 Å². The van der Waals surface area contributed by atoms with Crippen LogP contribution in [0.15, 0.2) is 23.7 Å². The summed E-state index contributed by atoms with van der Waals surface area (Å²) in [5.41, 5.74) is 2.44. The first-order valence-electron chi connectivity index (χ1n) is 7.10. The molecule has 1 heterocycles. The van der Waals surface area contributed by atoms with Crippen LogP contribution in [-0.4, -0.2) is 24.1 Å². The van der Waals surface area contributed by atoms with Gasteiger partial charge in [-0.25, -0.2) is 0 Å². The molecule has 0 saturated carbocycles. The topological polar surface area (TPSA) is 18.5 Å². The highest BCUT2D eigenvalue weighted by molar-refractivity contribution is 7.80. The number of hydrogen-bond acceptors (Lipinski definition) is 3. The average Bonchev–Trinajstić information content (AvgIpc) is 2.60. The van der Waals surface area contributed by atoms with E-state index in [1.807, 2.05) is 52.8 Å². The van der Waals surface area contributed by atoms with Gasteiger partial charge in [0.1, 0.15) is 0 Å². The van der Waals surface area contributed by atoms with E-state index in [-0.39, 0.29) is 18.3 Å². The zero-order valence-corrected chi connectivity index (χ0v) is 14.9. The van der Waals surface area contributed by atoms with Crippen LogP contribution in [0.2, 0.25) is 5.02 Å². The summed E-state index contributed by atoms with van der Waals surface area (Å²) in [5, 5.41) is 0.760. The lowest BCUT2D eigenvalue weighted by atomic mass is 9.78. The fraction of sp³-hybridized carbons (Fsp3) is 0.500. The molecule has 1 aromatic rings. The monoisotopic (exact) mass is 324 g/mol. The maximum Gasteiger partial charge on any atom is 0.491 e. The van der Waals surface area contributed by atoms with Crippen molar-refractivity contribution < 1.29 is 9.31 Å². The number of thiol groups is 1. The van der Waals surface area contributed by atoms with Gasteiger partial charge in [-0.15, -0.1) is 0 Å². The van der Waals surface area contributed by atoms with Crippen molar-refractivity contribution in [1.82, 2.24) is 0 Å². The molecule has 0 bridgehead atoms. The SMILES string of the molecule is Cc1c(Cl)cccc1C=C(CS)B1OC(C)(C)C(C)(C)O1. The molecule has 0 amide bonds. The van der Waals surface area contributed by atoms with Gasteiger partial charge in [0, 0.05) is 10.8 Å². The Morgan fingerprint density at radius 3 is 2.33 bits per heavy atom. The highest BCUT2D eigenvalue weighted by Gasteiger charge is 2.52. The minimum Gasteiger partial charge on any atom is -0.400 e. The zero-order valence-electron chi connectivity index (χ0n) is 13.2. The van der Waals surface area contributed by atoms with Crippen molar-refractivity contribution in [2.45, 2.75) is 45.8 Å². The molecule has 0 atom stereocenters. The zero-order chi connectivity index (χ0) is 15.8. The third-order valence-electron chi connectivity index (χ3n) is 4.39. The van der Waals surface area contributed by atoms with Crippen molar-refractivity contribution in [3.05, 3.63) is 39.8 Å². The van der Waals surface area contributed by atoms with Crippen LogP contribution in [-0.2, 0) is 9.31 Å². The predicted octanol–water partition coefficient (Wildman–Crippen LogP) is 4.59. The first kappa shape index (κ1) is 16.9. The van der Waals surface area contributed by atoms with Gasteiger partial charge < -0.3 is 9.31 Å². The second-order valence-corrected chi connectivity index (χ2v) is 7.14. The van der Waals surface area contributed by atoms with Gasteiger partial charge >= 0.3 is 7.12 Å². The molecule has 0 spiro atoms. The molecule has 2 rings (SSSR count). The minimum absolute atomic E-state index is 0.344. The highest BCUT2D eigenvalue weighted by atomic mass is 35.5. The van der Waals surface area contributed by atoms with Crippen molar-refractivity contribution in [2.75, 3.05) is 5.75 Å². The predicted molar refractivity (Wildman–Crippen MR) is 94.1 cm³/mol. The van der Waals surface area contributed by atoms with Crippen LogP contribution in [0.4, 0.5) is 0 Å². The van der Waals surface area contributed by atoms with Crippen molar-refractivity contribution >= 4 is 37.4 Å².